The average molecular weight is 249 g/mol. The molecule has 1 aliphatic carbocycles. The third kappa shape index (κ3) is 2.86. The Morgan fingerprint density at radius 2 is 1.32 bits per heavy atom. The van der Waals surface area contributed by atoms with Gasteiger partial charge in [0.1, 0.15) is 11.5 Å². The number of ether oxygens (including phenoxy) is 2. The number of rotatable bonds is 4. The van der Waals surface area contributed by atoms with E-state index in [9.17, 15) is 0 Å². The van der Waals surface area contributed by atoms with E-state index in [1.807, 2.05) is 66.7 Å². The van der Waals surface area contributed by atoms with E-state index in [4.69, 9.17) is 9.47 Å². The smallest absolute Gasteiger partial charge is 0.173 e. The second kappa shape index (κ2) is 5.44. The predicted octanol–water partition coefficient (Wildman–Crippen LogP) is 4.12. The fraction of sp³-hybridized carbons (Fsp3) is 0.0588. The van der Waals surface area contributed by atoms with Crippen LogP contribution in [0, 0.1) is 6.08 Å². The molecule has 0 amide bonds. The highest BCUT2D eigenvalue weighted by molar-refractivity contribution is 5.34. The van der Waals surface area contributed by atoms with E-state index in [2.05, 4.69) is 6.08 Å². The Balaban J connectivity index is 1.72. The minimum atomic E-state index is 0.648. The summed E-state index contributed by atoms with van der Waals surface area (Å²) in [4.78, 5) is 0. The fourth-order valence-corrected chi connectivity index (χ4v) is 1.81. The summed E-state index contributed by atoms with van der Waals surface area (Å²) in [6, 6.07) is 19.3. The molecule has 0 unspecified atom stereocenters. The lowest BCUT2D eigenvalue weighted by atomic mass is 10.3. The molecule has 0 atom stereocenters. The van der Waals surface area contributed by atoms with Crippen molar-refractivity contribution in [1.29, 1.82) is 0 Å². The quantitative estimate of drug-likeness (QED) is 0.811. The largest absolute Gasteiger partial charge is 0.454 e. The standard InChI is InChI=1S/C17H13O2/c1-3-8-14(9-4-1)18-16-12-7-13-17(16)19-15-10-5-2-6-11-15/h1-6,8-12H,7H2. The Morgan fingerprint density at radius 3 is 1.95 bits per heavy atom. The van der Waals surface area contributed by atoms with Gasteiger partial charge in [0, 0.05) is 6.08 Å². The van der Waals surface area contributed by atoms with Crippen LogP contribution in [0.4, 0.5) is 0 Å². The van der Waals surface area contributed by atoms with E-state index in [1.54, 1.807) is 0 Å². The van der Waals surface area contributed by atoms with Crippen molar-refractivity contribution < 1.29 is 9.47 Å². The first-order chi connectivity index (χ1) is 9.42. The molecule has 0 heterocycles. The first-order valence-corrected chi connectivity index (χ1v) is 6.19. The first kappa shape index (κ1) is 11.6. The van der Waals surface area contributed by atoms with Crippen LogP contribution in [0.15, 0.2) is 78.3 Å². The SMILES string of the molecule is [C]1=C(Oc2ccccc2)C(Oc2ccccc2)=CC1. The Labute approximate surface area is 112 Å². The lowest BCUT2D eigenvalue weighted by molar-refractivity contribution is 0.350. The highest BCUT2D eigenvalue weighted by atomic mass is 16.5. The minimum absolute atomic E-state index is 0.648. The maximum Gasteiger partial charge on any atom is 0.173 e. The monoisotopic (exact) mass is 249 g/mol. The molecule has 19 heavy (non-hydrogen) atoms. The van der Waals surface area contributed by atoms with E-state index >= 15 is 0 Å². The molecule has 0 N–H and O–H groups in total. The summed E-state index contributed by atoms with van der Waals surface area (Å²) in [6.45, 7) is 0. The molecule has 3 rings (SSSR count). The summed E-state index contributed by atoms with van der Waals surface area (Å²) in [5.74, 6) is 2.95. The van der Waals surface area contributed by atoms with Gasteiger partial charge in [-0.25, -0.2) is 0 Å². The predicted molar refractivity (Wildman–Crippen MR) is 73.6 cm³/mol. The molecular formula is C17H13O2. The summed E-state index contributed by atoms with van der Waals surface area (Å²) < 4.78 is 11.6. The summed E-state index contributed by atoms with van der Waals surface area (Å²) in [7, 11) is 0. The fourth-order valence-electron chi connectivity index (χ4n) is 1.81. The Kier molecular flexibility index (Phi) is 3.32. The molecule has 1 radical (unpaired) electrons. The maximum absolute atomic E-state index is 5.80. The van der Waals surface area contributed by atoms with Crippen molar-refractivity contribution in [2.45, 2.75) is 6.42 Å². The van der Waals surface area contributed by atoms with Gasteiger partial charge >= 0.3 is 0 Å². The highest BCUT2D eigenvalue weighted by Crippen LogP contribution is 2.25. The van der Waals surface area contributed by atoms with Gasteiger partial charge in [-0.1, -0.05) is 36.4 Å². The minimum Gasteiger partial charge on any atom is -0.454 e. The van der Waals surface area contributed by atoms with Gasteiger partial charge in [-0.15, -0.1) is 0 Å². The number of allylic oxidation sites excluding steroid dienone is 2. The molecule has 0 saturated heterocycles. The molecule has 0 aromatic heterocycles. The molecule has 2 aromatic rings. The molecule has 0 aliphatic heterocycles. The van der Waals surface area contributed by atoms with Crippen molar-refractivity contribution >= 4 is 0 Å². The normalized spacial score (nSPS) is 13.7. The highest BCUT2D eigenvalue weighted by Gasteiger charge is 2.15. The second-order valence-corrected chi connectivity index (χ2v) is 4.11. The molecule has 1 aliphatic rings. The average Bonchev–Trinajstić information content (AvgIpc) is 2.88. The molecule has 0 spiro atoms. The van der Waals surface area contributed by atoms with Crippen molar-refractivity contribution in [2.24, 2.45) is 0 Å². The molecule has 2 heteroatoms. The summed E-state index contributed by atoms with van der Waals surface area (Å²) >= 11 is 0. The van der Waals surface area contributed by atoms with Crippen LogP contribution in [0.2, 0.25) is 0 Å². The lowest BCUT2D eigenvalue weighted by Crippen LogP contribution is -2.03. The summed E-state index contributed by atoms with van der Waals surface area (Å²) in [6.07, 6.45) is 5.83. The molecule has 0 fully saturated rings. The van der Waals surface area contributed by atoms with Crippen LogP contribution in [-0.2, 0) is 0 Å². The molecule has 0 saturated carbocycles. The van der Waals surface area contributed by atoms with Gasteiger partial charge in [0.05, 0.1) is 0 Å². The summed E-state index contributed by atoms with van der Waals surface area (Å²) in [5, 5.41) is 0. The van der Waals surface area contributed by atoms with Crippen LogP contribution < -0.4 is 9.47 Å². The molecule has 93 valence electrons. The van der Waals surface area contributed by atoms with Crippen LogP contribution in [0.3, 0.4) is 0 Å². The topological polar surface area (TPSA) is 18.5 Å². The zero-order chi connectivity index (χ0) is 12.9. The zero-order valence-electron chi connectivity index (χ0n) is 10.4. The van der Waals surface area contributed by atoms with Crippen LogP contribution in [0.25, 0.3) is 0 Å². The number of benzene rings is 2. The van der Waals surface area contributed by atoms with Crippen molar-refractivity contribution in [3.63, 3.8) is 0 Å². The number of para-hydroxylation sites is 2. The Morgan fingerprint density at radius 1 is 0.737 bits per heavy atom. The van der Waals surface area contributed by atoms with Crippen LogP contribution in [-0.4, -0.2) is 0 Å². The molecule has 0 bridgehead atoms. The molecular weight excluding hydrogens is 236 g/mol. The van der Waals surface area contributed by atoms with Crippen molar-refractivity contribution in [3.05, 3.63) is 84.3 Å². The van der Waals surface area contributed by atoms with Crippen molar-refractivity contribution in [1.82, 2.24) is 0 Å². The first-order valence-electron chi connectivity index (χ1n) is 6.19. The van der Waals surface area contributed by atoms with Gasteiger partial charge in [-0.3, -0.25) is 0 Å². The van der Waals surface area contributed by atoms with Crippen LogP contribution >= 0.6 is 0 Å². The third-order valence-electron chi connectivity index (χ3n) is 2.71. The van der Waals surface area contributed by atoms with E-state index in [0.717, 1.165) is 17.3 Å². The van der Waals surface area contributed by atoms with Crippen molar-refractivity contribution in [2.75, 3.05) is 0 Å². The Bertz CT molecular complexity index is 542. The number of hydrogen-bond donors (Lipinski definition) is 0. The lowest BCUT2D eigenvalue weighted by Gasteiger charge is -2.11. The third-order valence-corrected chi connectivity index (χ3v) is 2.71. The van der Waals surface area contributed by atoms with Gasteiger partial charge in [-0.05, 0) is 36.8 Å². The van der Waals surface area contributed by atoms with E-state index < -0.39 is 0 Å². The van der Waals surface area contributed by atoms with Gasteiger partial charge in [0.25, 0.3) is 0 Å². The molecule has 2 aromatic carbocycles. The van der Waals surface area contributed by atoms with E-state index in [1.165, 1.54) is 0 Å². The molecule has 2 nitrogen and oxygen atoms in total. The van der Waals surface area contributed by atoms with Gasteiger partial charge < -0.3 is 9.47 Å². The van der Waals surface area contributed by atoms with Gasteiger partial charge in [-0.2, -0.15) is 0 Å². The maximum atomic E-state index is 5.80. The van der Waals surface area contributed by atoms with Crippen LogP contribution in [0.1, 0.15) is 6.42 Å². The van der Waals surface area contributed by atoms with E-state index in [0.29, 0.717) is 12.2 Å². The van der Waals surface area contributed by atoms with Gasteiger partial charge in [0.2, 0.25) is 0 Å². The van der Waals surface area contributed by atoms with E-state index in [-0.39, 0.29) is 0 Å². The zero-order valence-corrected chi connectivity index (χ0v) is 10.4. The number of hydrogen-bond acceptors (Lipinski definition) is 2. The van der Waals surface area contributed by atoms with Gasteiger partial charge in [0.15, 0.2) is 11.5 Å². The second-order valence-electron chi connectivity index (χ2n) is 4.11. The van der Waals surface area contributed by atoms with Crippen LogP contribution in [0.5, 0.6) is 11.5 Å². The summed E-state index contributed by atoms with van der Waals surface area (Å²) in [5.41, 5.74) is 0. The Hall–Kier alpha value is -2.48. The van der Waals surface area contributed by atoms with Crippen molar-refractivity contribution in [3.8, 4) is 11.5 Å².